The van der Waals surface area contributed by atoms with Crippen LogP contribution in [0.4, 0.5) is 11.4 Å². The highest BCUT2D eigenvalue weighted by Gasteiger charge is 2.29. The van der Waals surface area contributed by atoms with Gasteiger partial charge >= 0.3 is 0 Å². The molecule has 0 aliphatic heterocycles. The molecular formula is C22H25N3O4. The van der Waals surface area contributed by atoms with E-state index in [1.54, 1.807) is 36.4 Å². The molecule has 3 amide bonds. The van der Waals surface area contributed by atoms with Crippen molar-refractivity contribution in [3.05, 3.63) is 53.6 Å². The van der Waals surface area contributed by atoms with Crippen molar-refractivity contribution < 1.29 is 19.1 Å². The molecule has 3 N–H and O–H groups in total. The van der Waals surface area contributed by atoms with E-state index in [-0.39, 0.29) is 36.6 Å². The van der Waals surface area contributed by atoms with Gasteiger partial charge in [-0.3, -0.25) is 14.4 Å². The number of benzene rings is 2. The summed E-state index contributed by atoms with van der Waals surface area (Å²) in [6.45, 7) is 2.07. The van der Waals surface area contributed by atoms with Crippen LogP contribution in [-0.4, -0.2) is 31.4 Å². The lowest BCUT2D eigenvalue weighted by Crippen LogP contribution is -2.28. The molecule has 1 aliphatic carbocycles. The first kappa shape index (κ1) is 20.4. The Morgan fingerprint density at radius 1 is 1.03 bits per heavy atom. The average molecular weight is 395 g/mol. The molecule has 0 unspecified atom stereocenters. The number of amides is 3. The first-order valence-corrected chi connectivity index (χ1v) is 9.60. The topological polar surface area (TPSA) is 96.5 Å². The van der Waals surface area contributed by atoms with E-state index in [2.05, 4.69) is 16.0 Å². The molecule has 2 aromatic rings. The minimum atomic E-state index is -0.294. The molecule has 152 valence electrons. The van der Waals surface area contributed by atoms with Crippen molar-refractivity contribution >= 4 is 29.1 Å². The zero-order valence-electron chi connectivity index (χ0n) is 16.6. The molecule has 2 aromatic carbocycles. The summed E-state index contributed by atoms with van der Waals surface area (Å²) in [5, 5.41) is 8.39. The van der Waals surface area contributed by atoms with E-state index in [4.69, 9.17) is 4.74 Å². The molecule has 0 saturated heterocycles. The minimum Gasteiger partial charge on any atom is -0.495 e. The van der Waals surface area contributed by atoms with Gasteiger partial charge in [-0.2, -0.15) is 0 Å². The van der Waals surface area contributed by atoms with Gasteiger partial charge in [0.15, 0.2) is 0 Å². The molecule has 0 atom stereocenters. The highest BCUT2D eigenvalue weighted by Crippen LogP contribution is 2.30. The molecule has 1 fully saturated rings. The Kier molecular flexibility index (Phi) is 6.49. The fraction of sp³-hybridized carbons (Fsp3) is 0.318. The number of hydrogen-bond acceptors (Lipinski definition) is 4. The van der Waals surface area contributed by atoms with Gasteiger partial charge in [-0.05, 0) is 49.6 Å². The van der Waals surface area contributed by atoms with Crippen molar-refractivity contribution in [2.75, 3.05) is 24.3 Å². The van der Waals surface area contributed by atoms with E-state index in [1.165, 1.54) is 7.11 Å². The van der Waals surface area contributed by atoms with E-state index >= 15 is 0 Å². The van der Waals surface area contributed by atoms with Crippen LogP contribution in [0.25, 0.3) is 0 Å². The van der Waals surface area contributed by atoms with Crippen LogP contribution >= 0.6 is 0 Å². The minimum absolute atomic E-state index is 0.00123. The summed E-state index contributed by atoms with van der Waals surface area (Å²) in [6.07, 6.45) is 1.96. The number of rotatable bonds is 8. The predicted octanol–water partition coefficient (Wildman–Crippen LogP) is 3.11. The van der Waals surface area contributed by atoms with Crippen LogP contribution in [-0.2, 0) is 9.59 Å². The number of nitrogens with one attached hydrogen (secondary N) is 3. The zero-order valence-corrected chi connectivity index (χ0v) is 16.6. The molecule has 1 aliphatic rings. The summed E-state index contributed by atoms with van der Waals surface area (Å²) < 4.78 is 5.20. The third-order valence-electron chi connectivity index (χ3n) is 4.72. The third kappa shape index (κ3) is 5.57. The summed E-state index contributed by atoms with van der Waals surface area (Å²) in [6, 6.07) is 12.3. The van der Waals surface area contributed by atoms with Gasteiger partial charge in [-0.15, -0.1) is 0 Å². The van der Waals surface area contributed by atoms with Gasteiger partial charge in [0.1, 0.15) is 5.75 Å². The molecule has 0 radical (unpaired) electrons. The highest BCUT2D eigenvalue weighted by atomic mass is 16.5. The Morgan fingerprint density at radius 3 is 2.52 bits per heavy atom. The summed E-state index contributed by atoms with van der Waals surface area (Å²) in [5.74, 6) is 0.144. The van der Waals surface area contributed by atoms with Gasteiger partial charge in [-0.25, -0.2) is 0 Å². The number of carbonyl (C=O) groups is 3. The molecule has 1 saturated carbocycles. The summed E-state index contributed by atoms with van der Waals surface area (Å²) >= 11 is 0. The molecule has 0 aromatic heterocycles. The standard InChI is InChI=1S/C22H25N3O4/c1-14-7-8-16(13-18(14)25-22(28)15-9-10-15)21(27)23-12-11-20(26)24-17-5-3-4-6-19(17)29-2/h3-8,13,15H,9-12H2,1-2H3,(H,23,27)(H,24,26)(H,25,28). The largest absolute Gasteiger partial charge is 0.495 e. The van der Waals surface area contributed by atoms with E-state index < -0.39 is 0 Å². The molecule has 0 spiro atoms. The molecule has 7 nitrogen and oxygen atoms in total. The van der Waals surface area contributed by atoms with E-state index in [0.29, 0.717) is 22.7 Å². The Labute approximate surface area is 169 Å². The predicted molar refractivity (Wildman–Crippen MR) is 111 cm³/mol. The Balaban J connectivity index is 1.51. The number of para-hydroxylation sites is 2. The zero-order chi connectivity index (χ0) is 20.8. The van der Waals surface area contributed by atoms with E-state index in [9.17, 15) is 14.4 Å². The first-order valence-electron chi connectivity index (χ1n) is 9.60. The van der Waals surface area contributed by atoms with E-state index in [0.717, 1.165) is 18.4 Å². The number of aryl methyl sites for hydroxylation is 1. The quantitative estimate of drug-likeness (QED) is 0.640. The van der Waals surface area contributed by atoms with Crippen LogP contribution in [0.2, 0.25) is 0 Å². The third-order valence-corrected chi connectivity index (χ3v) is 4.72. The van der Waals surface area contributed by atoms with Gasteiger partial charge in [0.2, 0.25) is 11.8 Å². The van der Waals surface area contributed by atoms with Crippen molar-refractivity contribution in [2.24, 2.45) is 5.92 Å². The van der Waals surface area contributed by atoms with Crippen LogP contribution < -0.4 is 20.7 Å². The second-order valence-corrected chi connectivity index (χ2v) is 7.05. The second kappa shape index (κ2) is 9.23. The lowest BCUT2D eigenvalue weighted by molar-refractivity contribution is -0.117. The lowest BCUT2D eigenvalue weighted by Gasteiger charge is -2.12. The SMILES string of the molecule is COc1ccccc1NC(=O)CCNC(=O)c1ccc(C)c(NC(=O)C2CC2)c1. The lowest BCUT2D eigenvalue weighted by atomic mass is 10.1. The number of ether oxygens (including phenoxy) is 1. The summed E-state index contributed by atoms with van der Waals surface area (Å²) in [4.78, 5) is 36.5. The van der Waals surface area contributed by atoms with Gasteiger partial charge in [0, 0.05) is 30.1 Å². The van der Waals surface area contributed by atoms with Crippen LogP contribution in [0.5, 0.6) is 5.75 Å². The number of carbonyl (C=O) groups excluding carboxylic acids is 3. The van der Waals surface area contributed by atoms with Gasteiger partial charge < -0.3 is 20.7 Å². The molecule has 0 bridgehead atoms. The van der Waals surface area contributed by atoms with Crippen LogP contribution in [0.1, 0.15) is 35.2 Å². The average Bonchev–Trinajstić information content (AvgIpc) is 3.55. The van der Waals surface area contributed by atoms with Crippen LogP contribution in [0.3, 0.4) is 0 Å². The Hall–Kier alpha value is -3.35. The Bertz CT molecular complexity index is 922. The molecule has 3 rings (SSSR count). The van der Waals surface area contributed by atoms with Crippen molar-refractivity contribution in [1.82, 2.24) is 5.32 Å². The van der Waals surface area contributed by atoms with Crippen LogP contribution in [0.15, 0.2) is 42.5 Å². The summed E-state index contributed by atoms with van der Waals surface area (Å²) in [5.41, 5.74) is 2.56. The van der Waals surface area contributed by atoms with Gasteiger partial charge in [0.25, 0.3) is 5.91 Å². The normalized spacial score (nSPS) is 12.8. The maximum absolute atomic E-state index is 12.4. The summed E-state index contributed by atoms with van der Waals surface area (Å²) in [7, 11) is 1.54. The van der Waals surface area contributed by atoms with Crippen LogP contribution in [0, 0.1) is 12.8 Å². The first-order chi connectivity index (χ1) is 14.0. The monoisotopic (exact) mass is 395 g/mol. The number of hydrogen-bond donors (Lipinski definition) is 3. The second-order valence-electron chi connectivity index (χ2n) is 7.05. The van der Waals surface area contributed by atoms with Crippen molar-refractivity contribution in [3.63, 3.8) is 0 Å². The highest BCUT2D eigenvalue weighted by molar-refractivity contribution is 5.99. The fourth-order valence-corrected chi connectivity index (χ4v) is 2.83. The molecule has 0 heterocycles. The van der Waals surface area contributed by atoms with Gasteiger partial charge in [-0.1, -0.05) is 18.2 Å². The maximum Gasteiger partial charge on any atom is 0.251 e. The smallest absolute Gasteiger partial charge is 0.251 e. The van der Waals surface area contributed by atoms with E-state index in [1.807, 2.05) is 13.0 Å². The maximum atomic E-state index is 12.4. The number of anilines is 2. The molecule has 29 heavy (non-hydrogen) atoms. The van der Waals surface area contributed by atoms with Gasteiger partial charge in [0.05, 0.1) is 12.8 Å². The van der Waals surface area contributed by atoms with Crippen molar-refractivity contribution in [1.29, 1.82) is 0 Å². The Morgan fingerprint density at radius 2 is 1.79 bits per heavy atom. The number of methoxy groups -OCH3 is 1. The molecule has 7 heteroatoms. The fourth-order valence-electron chi connectivity index (χ4n) is 2.83. The van der Waals surface area contributed by atoms with Crippen molar-refractivity contribution in [2.45, 2.75) is 26.2 Å². The van der Waals surface area contributed by atoms with Crippen molar-refractivity contribution in [3.8, 4) is 5.75 Å². The molecular weight excluding hydrogens is 370 g/mol.